The molecule has 3 rings (SSSR count). The standard InChI is InChI=1S/C14H15ClN4O/c1-7-14(20)19(4)11-5-9-10(6-12(11)18(7)3)16-8(2)17-13(9)15/h5-7H,1-4H3. The molecule has 1 amide bonds. The number of benzene rings is 1. The van der Waals surface area contributed by atoms with Crippen molar-refractivity contribution in [3.8, 4) is 0 Å². The Bertz CT molecular complexity index is 731. The first kappa shape index (κ1) is 13.1. The lowest BCUT2D eigenvalue weighted by atomic mass is 10.1. The van der Waals surface area contributed by atoms with E-state index in [2.05, 4.69) is 9.97 Å². The van der Waals surface area contributed by atoms with Crippen molar-refractivity contribution in [2.24, 2.45) is 0 Å². The minimum absolute atomic E-state index is 0.0588. The molecule has 0 N–H and O–H groups in total. The molecule has 0 bridgehead atoms. The van der Waals surface area contributed by atoms with Gasteiger partial charge in [-0.2, -0.15) is 0 Å². The Balaban J connectivity index is 2.33. The molecule has 0 spiro atoms. The Kier molecular flexibility index (Phi) is 2.83. The summed E-state index contributed by atoms with van der Waals surface area (Å²) >= 11 is 6.19. The highest BCUT2D eigenvalue weighted by Gasteiger charge is 2.31. The fraction of sp³-hybridized carbons (Fsp3) is 0.357. The number of aryl methyl sites for hydroxylation is 1. The van der Waals surface area contributed by atoms with Gasteiger partial charge in [-0.25, -0.2) is 9.97 Å². The van der Waals surface area contributed by atoms with Gasteiger partial charge in [0.25, 0.3) is 0 Å². The summed E-state index contributed by atoms with van der Waals surface area (Å²) in [7, 11) is 3.69. The predicted octanol–water partition coefficient (Wildman–Crippen LogP) is 2.39. The summed E-state index contributed by atoms with van der Waals surface area (Å²) in [5.41, 5.74) is 2.60. The molecule has 0 saturated heterocycles. The van der Waals surface area contributed by atoms with Crippen LogP contribution in [0.15, 0.2) is 12.1 Å². The van der Waals surface area contributed by atoms with Crippen molar-refractivity contribution in [3.63, 3.8) is 0 Å². The Morgan fingerprint density at radius 2 is 1.90 bits per heavy atom. The van der Waals surface area contributed by atoms with E-state index in [9.17, 15) is 4.79 Å². The number of carbonyl (C=O) groups excluding carboxylic acids is 1. The molecular weight excluding hydrogens is 276 g/mol. The van der Waals surface area contributed by atoms with Gasteiger partial charge in [-0.15, -0.1) is 0 Å². The monoisotopic (exact) mass is 290 g/mol. The predicted molar refractivity (Wildman–Crippen MR) is 80.6 cm³/mol. The van der Waals surface area contributed by atoms with Crippen molar-refractivity contribution >= 4 is 39.8 Å². The molecular formula is C14H15ClN4O. The zero-order chi connectivity index (χ0) is 14.6. The summed E-state index contributed by atoms with van der Waals surface area (Å²) in [6.45, 7) is 3.71. The maximum Gasteiger partial charge on any atom is 0.249 e. The average Bonchev–Trinajstić information content (AvgIpc) is 2.41. The summed E-state index contributed by atoms with van der Waals surface area (Å²) in [6.07, 6.45) is 0. The van der Waals surface area contributed by atoms with Gasteiger partial charge in [-0.3, -0.25) is 4.79 Å². The van der Waals surface area contributed by atoms with Gasteiger partial charge >= 0.3 is 0 Å². The second kappa shape index (κ2) is 4.31. The van der Waals surface area contributed by atoms with Crippen LogP contribution in [-0.2, 0) is 4.79 Å². The largest absolute Gasteiger partial charge is 0.361 e. The Morgan fingerprint density at radius 3 is 2.60 bits per heavy atom. The first-order valence-electron chi connectivity index (χ1n) is 6.38. The maximum absolute atomic E-state index is 12.2. The van der Waals surface area contributed by atoms with Crippen LogP contribution in [0.3, 0.4) is 0 Å². The van der Waals surface area contributed by atoms with Crippen LogP contribution in [0.5, 0.6) is 0 Å². The van der Waals surface area contributed by atoms with Crippen molar-refractivity contribution in [3.05, 3.63) is 23.1 Å². The first-order valence-corrected chi connectivity index (χ1v) is 6.76. The summed E-state index contributed by atoms with van der Waals surface area (Å²) < 4.78 is 0. The molecule has 1 atom stereocenters. The van der Waals surface area contributed by atoms with Gasteiger partial charge in [-0.1, -0.05) is 11.6 Å². The number of nitrogens with zero attached hydrogens (tertiary/aromatic N) is 4. The van der Waals surface area contributed by atoms with Gasteiger partial charge in [0.15, 0.2) is 0 Å². The summed E-state index contributed by atoms with van der Waals surface area (Å²) in [5, 5.41) is 1.18. The van der Waals surface area contributed by atoms with Crippen LogP contribution in [0.1, 0.15) is 12.7 Å². The molecule has 0 fully saturated rings. The van der Waals surface area contributed by atoms with E-state index in [0.29, 0.717) is 11.0 Å². The number of likely N-dealkylation sites (N-methyl/N-ethyl adjacent to an activating group) is 2. The summed E-state index contributed by atoms with van der Waals surface area (Å²) in [5.74, 6) is 0.696. The smallest absolute Gasteiger partial charge is 0.249 e. The first-order chi connectivity index (χ1) is 9.40. The molecule has 0 radical (unpaired) electrons. The Labute approximate surface area is 122 Å². The molecule has 2 aromatic rings. The van der Waals surface area contributed by atoms with E-state index in [1.54, 1.807) is 11.9 Å². The van der Waals surface area contributed by atoms with Crippen LogP contribution in [0.25, 0.3) is 10.9 Å². The van der Waals surface area contributed by atoms with Crippen molar-refractivity contribution in [1.82, 2.24) is 9.97 Å². The van der Waals surface area contributed by atoms with Crippen LogP contribution in [0, 0.1) is 6.92 Å². The quantitative estimate of drug-likeness (QED) is 0.699. The highest BCUT2D eigenvalue weighted by Crippen LogP contribution is 2.38. The van der Waals surface area contributed by atoms with Gasteiger partial charge in [0.1, 0.15) is 17.0 Å². The van der Waals surface area contributed by atoms with Crippen molar-refractivity contribution in [2.75, 3.05) is 23.9 Å². The third kappa shape index (κ3) is 1.73. The zero-order valence-electron chi connectivity index (χ0n) is 11.8. The van der Waals surface area contributed by atoms with Crippen LogP contribution < -0.4 is 9.80 Å². The van der Waals surface area contributed by atoms with E-state index in [0.717, 1.165) is 22.3 Å². The van der Waals surface area contributed by atoms with Gasteiger partial charge < -0.3 is 9.80 Å². The number of hydrogen-bond acceptors (Lipinski definition) is 4. The number of halogens is 1. The number of amides is 1. The minimum Gasteiger partial charge on any atom is -0.361 e. The number of fused-ring (bicyclic) bond motifs is 2. The molecule has 6 heteroatoms. The number of aromatic nitrogens is 2. The molecule has 1 aliphatic rings. The van der Waals surface area contributed by atoms with E-state index in [-0.39, 0.29) is 11.9 Å². The maximum atomic E-state index is 12.2. The molecule has 1 unspecified atom stereocenters. The molecule has 1 aromatic carbocycles. The Morgan fingerprint density at radius 1 is 1.20 bits per heavy atom. The average molecular weight is 291 g/mol. The fourth-order valence-corrected chi connectivity index (χ4v) is 2.82. The second-order valence-electron chi connectivity index (χ2n) is 5.10. The third-order valence-corrected chi connectivity index (χ3v) is 4.16. The molecule has 2 heterocycles. The third-order valence-electron chi connectivity index (χ3n) is 3.87. The van der Waals surface area contributed by atoms with E-state index in [1.165, 1.54) is 0 Å². The van der Waals surface area contributed by atoms with Crippen LogP contribution in [0.2, 0.25) is 5.15 Å². The van der Waals surface area contributed by atoms with Crippen molar-refractivity contribution in [2.45, 2.75) is 19.9 Å². The highest BCUT2D eigenvalue weighted by molar-refractivity contribution is 6.34. The van der Waals surface area contributed by atoms with E-state index in [4.69, 9.17) is 11.6 Å². The molecule has 1 aromatic heterocycles. The zero-order valence-corrected chi connectivity index (χ0v) is 12.6. The van der Waals surface area contributed by atoms with E-state index >= 15 is 0 Å². The van der Waals surface area contributed by atoms with E-state index < -0.39 is 0 Å². The molecule has 5 nitrogen and oxygen atoms in total. The van der Waals surface area contributed by atoms with Crippen LogP contribution >= 0.6 is 11.6 Å². The van der Waals surface area contributed by atoms with Gasteiger partial charge in [0.05, 0.1) is 16.9 Å². The fourth-order valence-electron chi connectivity index (χ4n) is 2.55. The number of carbonyl (C=O) groups is 1. The lowest BCUT2D eigenvalue weighted by Crippen LogP contribution is -2.48. The van der Waals surface area contributed by atoms with E-state index in [1.807, 2.05) is 37.9 Å². The molecule has 0 aliphatic carbocycles. The Hall–Kier alpha value is -1.88. The molecule has 20 heavy (non-hydrogen) atoms. The number of hydrogen-bond donors (Lipinski definition) is 0. The van der Waals surface area contributed by atoms with Crippen molar-refractivity contribution < 1.29 is 4.79 Å². The number of anilines is 2. The lowest BCUT2D eigenvalue weighted by Gasteiger charge is -2.38. The second-order valence-corrected chi connectivity index (χ2v) is 5.46. The minimum atomic E-state index is -0.191. The molecule has 1 aliphatic heterocycles. The summed E-state index contributed by atoms with van der Waals surface area (Å²) in [6, 6.07) is 3.65. The molecule has 0 saturated carbocycles. The van der Waals surface area contributed by atoms with Gasteiger partial charge in [0, 0.05) is 19.5 Å². The normalized spacial score (nSPS) is 18.6. The van der Waals surface area contributed by atoms with Crippen molar-refractivity contribution in [1.29, 1.82) is 0 Å². The van der Waals surface area contributed by atoms with Gasteiger partial charge in [0.2, 0.25) is 5.91 Å². The summed E-state index contributed by atoms with van der Waals surface area (Å²) in [4.78, 5) is 24.4. The topological polar surface area (TPSA) is 49.3 Å². The molecule has 104 valence electrons. The SMILES string of the molecule is Cc1nc(Cl)c2cc3c(cc2n1)N(C)C(C)C(=O)N3C. The van der Waals surface area contributed by atoms with Crippen LogP contribution in [-0.4, -0.2) is 36.0 Å². The van der Waals surface area contributed by atoms with Gasteiger partial charge in [-0.05, 0) is 26.0 Å². The van der Waals surface area contributed by atoms with Crippen LogP contribution in [0.4, 0.5) is 11.4 Å². The highest BCUT2D eigenvalue weighted by atomic mass is 35.5. The lowest BCUT2D eigenvalue weighted by molar-refractivity contribution is -0.119. The number of rotatable bonds is 0.